The van der Waals surface area contributed by atoms with Gasteiger partial charge in [-0.3, -0.25) is 10.1 Å². The van der Waals surface area contributed by atoms with Crippen molar-refractivity contribution in [2.24, 2.45) is 0 Å². The summed E-state index contributed by atoms with van der Waals surface area (Å²) in [6, 6.07) is 5.22. The monoisotopic (exact) mass is 360 g/mol. The molecule has 0 saturated carbocycles. The van der Waals surface area contributed by atoms with Gasteiger partial charge in [0.05, 0.1) is 4.92 Å². The molecule has 1 N–H and O–H groups in total. The molecular weight excluding hydrogens is 353 g/mol. The first kappa shape index (κ1) is 15.3. The van der Waals surface area contributed by atoms with Crippen molar-refractivity contribution in [1.82, 2.24) is 0 Å². The summed E-state index contributed by atoms with van der Waals surface area (Å²) in [6.45, 7) is -0.0978. The molecule has 0 aliphatic rings. The Labute approximate surface area is 125 Å². The van der Waals surface area contributed by atoms with Gasteiger partial charge in [-0.2, -0.15) is 0 Å². The Morgan fingerprint density at radius 1 is 1.10 bits per heavy atom. The standard InChI is InChI=1S/C13H8BrF3N2O2/c14-9-4-8(19(20)21)1-2-13(9)18-6-7-3-11(16)12(17)5-10(7)15/h1-5,18H,6H2. The molecule has 21 heavy (non-hydrogen) atoms. The smallest absolute Gasteiger partial charge is 0.270 e. The number of anilines is 1. The minimum absolute atomic E-state index is 0.0563. The third kappa shape index (κ3) is 3.52. The van der Waals surface area contributed by atoms with E-state index in [1.807, 2.05) is 0 Å². The molecule has 0 unspecified atom stereocenters. The van der Waals surface area contributed by atoms with Crippen LogP contribution in [0.15, 0.2) is 34.8 Å². The van der Waals surface area contributed by atoms with Crippen LogP contribution >= 0.6 is 15.9 Å². The molecule has 0 heterocycles. The number of nitro benzene ring substituents is 1. The Kier molecular flexibility index (Phi) is 4.46. The van der Waals surface area contributed by atoms with Crippen LogP contribution in [0.25, 0.3) is 0 Å². The first-order valence-corrected chi connectivity index (χ1v) is 6.49. The second kappa shape index (κ2) is 6.13. The number of nitrogens with one attached hydrogen (secondary N) is 1. The summed E-state index contributed by atoms with van der Waals surface area (Å²) in [5.74, 6) is -3.27. The number of non-ortho nitro benzene ring substituents is 1. The van der Waals surface area contributed by atoms with Gasteiger partial charge >= 0.3 is 0 Å². The molecule has 0 aromatic heterocycles. The minimum Gasteiger partial charge on any atom is -0.380 e. The van der Waals surface area contributed by atoms with E-state index in [-0.39, 0.29) is 17.8 Å². The molecule has 2 aromatic rings. The zero-order valence-electron chi connectivity index (χ0n) is 10.4. The predicted molar refractivity (Wildman–Crippen MR) is 74.4 cm³/mol. The van der Waals surface area contributed by atoms with Gasteiger partial charge in [0, 0.05) is 40.5 Å². The number of nitrogens with zero attached hydrogens (tertiary/aromatic N) is 1. The highest BCUT2D eigenvalue weighted by Crippen LogP contribution is 2.27. The van der Waals surface area contributed by atoms with E-state index in [1.165, 1.54) is 18.2 Å². The highest BCUT2D eigenvalue weighted by Gasteiger charge is 2.12. The van der Waals surface area contributed by atoms with Crippen LogP contribution in [-0.4, -0.2) is 4.92 Å². The Hall–Kier alpha value is -2.09. The van der Waals surface area contributed by atoms with E-state index in [9.17, 15) is 23.3 Å². The van der Waals surface area contributed by atoms with Crippen molar-refractivity contribution in [2.45, 2.75) is 6.54 Å². The van der Waals surface area contributed by atoms with Gasteiger partial charge in [-0.15, -0.1) is 0 Å². The molecule has 4 nitrogen and oxygen atoms in total. The lowest BCUT2D eigenvalue weighted by Crippen LogP contribution is -2.04. The van der Waals surface area contributed by atoms with E-state index in [0.717, 1.165) is 6.07 Å². The number of halogens is 4. The fourth-order valence-corrected chi connectivity index (χ4v) is 2.16. The molecule has 0 amide bonds. The first-order chi connectivity index (χ1) is 9.88. The maximum Gasteiger partial charge on any atom is 0.270 e. The molecule has 0 bridgehead atoms. The summed E-state index contributed by atoms with van der Waals surface area (Å²) < 4.78 is 39.7. The Balaban J connectivity index is 2.17. The number of nitro groups is 1. The lowest BCUT2D eigenvalue weighted by atomic mass is 10.2. The van der Waals surface area contributed by atoms with Crippen molar-refractivity contribution in [2.75, 3.05) is 5.32 Å². The van der Waals surface area contributed by atoms with Gasteiger partial charge < -0.3 is 5.32 Å². The van der Waals surface area contributed by atoms with Crippen molar-refractivity contribution in [3.63, 3.8) is 0 Å². The van der Waals surface area contributed by atoms with Crippen molar-refractivity contribution >= 4 is 27.3 Å². The molecule has 0 aliphatic carbocycles. The molecule has 0 atom stereocenters. The normalized spacial score (nSPS) is 10.5. The highest BCUT2D eigenvalue weighted by molar-refractivity contribution is 9.10. The van der Waals surface area contributed by atoms with E-state index in [4.69, 9.17) is 0 Å². The van der Waals surface area contributed by atoms with Crippen molar-refractivity contribution in [3.05, 3.63) is 67.9 Å². The van der Waals surface area contributed by atoms with Crippen LogP contribution in [0.2, 0.25) is 0 Å². The zero-order chi connectivity index (χ0) is 15.6. The first-order valence-electron chi connectivity index (χ1n) is 5.69. The van der Waals surface area contributed by atoms with Crippen LogP contribution in [0.5, 0.6) is 0 Å². The van der Waals surface area contributed by atoms with Crippen LogP contribution in [-0.2, 0) is 6.54 Å². The van der Waals surface area contributed by atoms with Crippen LogP contribution in [0.3, 0.4) is 0 Å². The SMILES string of the molecule is O=[N+]([O-])c1ccc(NCc2cc(F)c(F)cc2F)c(Br)c1. The predicted octanol–water partition coefficient (Wildman–Crippen LogP) is 4.39. The van der Waals surface area contributed by atoms with Gasteiger partial charge in [-0.05, 0) is 28.1 Å². The molecule has 2 rings (SSSR count). The van der Waals surface area contributed by atoms with Crippen LogP contribution in [0, 0.1) is 27.6 Å². The zero-order valence-corrected chi connectivity index (χ0v) is 12.0. The van der Waals surface area contributed by atoms with Crippen LogP contribution in [0.1, 0.15) is 5.56 Å². The van der Waals surface area contributed by atoms with E-state index >= 15 is 0 Å². The molecule has 0 saturated heterocycles. The Morgan fingerprint density at radius 3 is 2.38 bits per heavy atom. The summed E-state index contributed by atoms with van der Waals surface area (Å²) in [5, 5.41) is 13.4. The average molecular weight is 361 g/mol. The molecule has 110 valence electrons. The maximum atomic E-state index is 13.5. The van der Waals surface area contributed by atoms with Gasteiger partial charge in [0.2, 0.25) is 0 Å². The Morgan fingerprint density at radius 2 is 1.76 bits per heavy atom. The quantitative estimate of drug-likeness (QED) is 0.499. The largest absolute Gasteiger partial charge is 0.380 e. The summed E-state index contributed by atoms with van der Waals surface area (Å²) in [4.78, 5) is 10.0. The number of hydrogen-bond acceptors (Lipinski definition) is 3. The third-order valence-electron chi connectivity index (χ3n) is 2.72. The average Bonchev–Trinajstić information content (AvgIpc) is 2.42. The molecule has 2 aromatic carbocycles. The van der Waals surface area contributed by atoms with Crippen molar-refractivity contribution in [1.29, 1.82) is 0 Å². The van der Waals surface area contributed by atoms with E-state index in [0.29, 0.717) is 16.2 Å². The third-order valence-corrected chi connectivity index (χ3v) is 3.38. The number of hydrogen-bond donors (Lipinski definition) is 1. The lowest BCUT2D eigenvalue weighted by molar-refractivity contribution is -0.384. The second-order valence-corrected chi connectivity index (χ2v) is 4.99. The molecule has 0 aliphatic heterocycles. The van der Waals surface area contributed by atoms with Crippen molar-refractivity contribution in [3.8, 4) is 0 Å². The molecule has 0 fully saturated rings. The van der Waals surface area contributed by atoms with Gasteiger partial charge in [0.15, 0.2) is 11.6 Å². The molecule has 8 heteroatoms. The van der Waals surface area contributed by atoms with Crippen LogP contribution in [0.4, 0.5) is 24.5 Å². The van der Waals surface area contributed by atoms with Gasteiger partial charge in [-0.1, -0.05) is 0 Å². The van der Waals surface area contributed by atoms with E-state index in [2.05, 4.69) is 21.2 Å². The topological polar surface area (TPSA) is 55.2 Å². The number of benzene rings is 2. The highest BCUT2D eigenvalue weighted by atomic mass is 79.9. The van der Waals surface area contributed by atoms with Gasteiger partial charge in [-0.25, -0.2) is 13.2 Å². The summed E-state index contributed by atoms with van der Waals surface area (Å²) in [7, 11) is 0. The fourth-order valence-electron chi connectivity index (χ4n) is 1.65. The van der Waals surface area contributed by atoms with Crippen molar-refractivity contribution < 1.29 is 18.1 Å². The number of rotatable bonds is 4. The summed E-state index contributed by atoms with van der Waals surface area (Å²) in [5.41, 5.74) is 0.301. The second-order valence-electron chi connectivity index (χ2n) is 4.13. The summed E-state index contributed by atoms with van der Waals surface area (Å²) >= 11 is 3.14. The van der Waals surface area contributed by atoms with Crippen LogP contribution < -0.4 is 5.32 Å². The Bertz CT molecular complexity index is 710. The summed E-state index contributed by atoms with van der Waals surface area (Å²) in [6.07, 6.45) is 0. The fraction of sp³-hybridized carbons (Fsp3) is 0.0769. The minimum atomic E-state index is -1.26. The lowest BCUT2D eigenvalue weighted by Gasteiger charge is -2.09. The van der Waals surface area contributed by atoms with E-state index in [1.54, 1.807) is 0 Å². The van der Waals surface area contributed by atoms with Gasteiger partial charge in [0.1, 0.15) is 5.82 Å². The van der Waals surface area contributed by atoms with Gasteiger partial charge in [0.25, 0.3) is 5.69 Å². The maximum absolute atomic E-state index is 13.5. The van der Waals surface area contributed by atoms with E-state index < -0.39 is 22.4 Å². The molecule has 0 spiro atoms. The molecular formula is C13H8BrF3N2O2. The molecule has 0 radical (unpaired) electrons.